The third-order valence-corrected chi connectivity index (χ3v) is 5.50. The van der Waals surface area contributed by atoms with Gasteiger partial charge in [0, 0.05) is 11.6 Å². The number of hydrogen-bond acceptors (Lipinski definition) is 4. The third-order valence-electron chi connectivity index (χ3n) is 3.91. The van der Waals surface area contributed by atoms with Crippen LogP contribution in [0.1, 0.15) is 5.76 Å². The quantitative estimate of drug-likeness (QED) is 0.379. The average molecular weight is 416 g/mol. The Morgan fingerprint density at radius 3 is 2.63 bits per heavy atom. The van der Waals surface area contributed by atoms with Crippen LogP contribution in [-0.2, 0) is 4.79 Å². The summed E-state index contributed by atoms with van der Waals surface area (Å²) < 4.78 is 19.6. The summed E-state index contributed by atoms with van der Waals surface area (Å²) in [5.41, 5.74) is 1.38. The molecule has 1 fully saturated rings. The summed E-state index contributed by atoms with van der Waals surface area (Å²) in [7, 11) is 0. The molecule has 2 aromatic carbocycles. The molecule has 0 saturated carbocycles. The van der Waals surface area contributed by atoms with Crippen molar-refractivity contribution in [1.82, 2.24) is 0 Å². The van der Waals surface area contributed by atoms with Gasteiger partial charge in [-0.25, -0.2) is 4.39 Å². The van der Waals surface area contributed by atoms with Crippen molar-refractivity contribution in [1.29, 1.82) is 0 Å². The van der Waals surface area contributed by atoms with Gasteiger partial charge in [-0.15, -0.1) is 0 Å². The molecule has 1 aliphatic rings. The summed E-state index contributed by atoms with van der Waals surface area (Å²) in [6.07, 6.45) is 1.65. The number of furan rings is 1. The highest BCUT2D eigenvalue weighted by atomic mass is 35.5. The first-order valence-corrected chi connectivity index (χ1v) is 9.51. The van der Waals surface area contributed by atoms with Gasteiger partial charge in [0.1, 0.15) is 17.3 Å². The van der Waals surface area contributed by atoms with Gasteiger partial charge in [-0.2, -0.15) is 0 Å². The number of thioether (sulfide) groups is 1. The van der Waals surface area contributed by atoms with E-state index >= 15 is 0 Å². The lowest BCUT2D eigenvalue weighted by molar-refractivity contribution is -0.113. The van der Waals surface area contributed by atoms with Crippen molar-refractivity contribution in [2.24, 2.45) is 0 Å². The molecule has 1 aliphatic heterocycles. The molecule has 2 heterocycles. The lowest BCUT2D eigenvalue weighted by Gasteiger charge is -2.13. The second kappa shape index (κ2) is 7.31. The van der Waals surface area contributed by atoms with Crippen molar-refractivity contribution < 1.29 is 13.6 Å². The number of amides is 1. The van der Waals surface area contributed by atoms with E-state index < -0.39 is 5.82 Å². The predicted molar refractivity (Wildman–Crippen MR) is 111 cm³/mol. The molecule has 0 spiro atoms. The van der Waals surface area contributed by atoms with Gasteiger partial charge in [0.2, 0.25) is 0 Å². The minimum absolute atomic E-state index is 0.0224. The lowest BCUT2D eigenvalue weighted by atomic mass is 10.2. The summed E-state index contributed by atoms with van der Waals surface area (Å²) in [6, 6.07) is 17.1. The van der Waals surface area contributed by atoms with Crippen LogP contribution in [0.3, 0.4) is 0 Å². The molecule has 0 radical (unpaired) electrons. The molecular formula is C20H11ClFNO2S2. The first-order valence-electron chi connectivity index (χ1n) is 7.91. The van der Waals surface area contributed by atoms with Gasteiger partial charge in [-0.05, 0) is 42.5 Å². The standard InChI is InChI=1S/C20H11ClFNO2S2/c21-15-10-12(6-8-16(15)22)17-9-7-14(25-17)11-18-19(24)23(20(26)27-18)13-4-2-1-3-5-13/h1-11H/b18-11+. The minimum Gasteiger partial charge on any atom is -0.457 e. The molecule has 4 rings (SSSR count). The molecule has 0 unspecified atom stereocenters. The summed E-state index contributed by atoms with van der Waals surface area (Å²) in [6.45, 7) is 0. The van der Waals surface area contributed by atoms with Crippen LogP contribution in [0, 0.1) is 5.82 Å². The van der Waals surface area contributed by atoms with E-state index in [0.29, 0.717) is 26.3 Å². The molecule has 134 valence electrons. The third kappa shape index (κ3) is 3.56. The second-order valence-corrected chi connectivity index (χ2v) is 7.77. The maximum atomic E-state index is 13.3. The van der Waals surface area contributed by atoms with Crippen molar-refractivity contribution in [3.63, 3.8) is 0 Å². The highest BCUT2D eigenvalue weighted by Gasteiger charge is 2.33. The van der Waals surface area contributed by atoms with Gasteiger partial charge in [-0.3, -0.25) is 9.69 Å². The monoisotopic (exact) mass is 415 g/mol. The van der Waals surface area contributed by atoms with Gasteiger partial charge < -0.3 is 4.42 Å². The molecule has 1 amide bonds. The van der Waals surface area contributed by atoms with Gasteiger partial charge in [-0.1, -0.05) is 53.8 Å². The number of hydrogen-bond donors (Lipinski definition) is 0. The Kier molecular flexibility index (Phi) is 4.86. The Bertz CT molecular complexity index is 1080. The highest BCUT2D eigenvalue weighted by molar-refractivity contribution is 8.27. The van der Waals surface area contributed by atoms with E-state index in [1.165, 1.54) is 28.8 Å². The van der Waals surface area contributed by atoms with E-state index in [9.17, 15) is 9.18 Å². The van der Waals surface area contributed by atoms with Crippen molar-refractivity contribution in [3.8, 4) is 11.3 Å². The van der Waals surface area contributed by atoms with Crippen LogP contribution in [-0.4, -0.2) is 10.2 Å². The average Bonchev–Trinajstić information content (AvgIpc) is 3.23. The zero-order valence-corrected chi connectivity index (χ0v) is 16.1. The largest absolute Gasteiger partial charge is 0.457 e. The Balaban J connectivity index is 1.61. The van der Waals surface area contributed by atoms with Gasteiger partial charge in [0.05, 0.1) is 15.6 Å². The zero-order valence-electron chi connectivity index (χ0n) is 13.7. The SMILES string of the molecule is O=C1/C(=C\c2ccc(-c3ccc(F)c(Cl)c3)o2)SC(=S)N1c1ccccc1. The fourth-order valence-corrected chi connectivity index (χ4v) is 4.09. The topological polar surface area (TPSA) is 33.5 Å². The Morgan fingerprint density at radius 1 is 1.11 bits per heavy atom. The number of para-hydroxylation sites is 1. The number of carbonyl (C=O) groups is 1. The fraction of sp³-hybridized carbons (Fsp3) is 0. The van der Waals surface area contributed by atoms with Crippen molar-refractivity contribution in [2.75, 3.05) is 4.90 Å². The Hall–Kier alpha value is -2.41. The van der Waals surface area contributed by atoms with E-state index in [4.69, 9.17) is 28.2 Å². The van der Waals surface area contributed by atoms with Crippen molar-refractivity contribution >= 4 is 57.6 Å². The van der Waals surface area contributed by atoms with Crippen LogP contribution >= 0.6 is 35.6 Å². The molecule has 0 bridgehead atoms. The molecule has 1 aromatic heterocycles. The number of halogens is 2. The number of thiocarbonyl (C=S) groups is 1. The normalized spacial score (nSPS) is 15.8. The van der Waals surface area contributed by atoms with Crippen molar-refractivity contribution in [3.05, 3.63) is 82.2 Å². The van der Waals surface area contributed by atoms with Crippen molar-refractivity contribution in [2.45, 2.75) is 0 Å². The highest BCUT2D eigenvalue weighted by Crippen LogP contribution is 2.36. The molecule has 27 heavy (non-hydrogen) atoms. The lowest BCUT2D eigenvalue weighted by Crippen LogP contribution is -2.27. The molecule has 0 atom stereocenters. The Morgan fingerprint density at radius 2 is 1.89 bits per heavy atom. The first-order chi connectivity index (χ1) is 13.0. The van der Waals surface area contributed by atoms with Crippen LogP contribution in [0.15, 0.2) is 70.0 Å². The van der Waals surface area contributed by atoms with E-state index in [0.717, 1.165) is 5.69 Å². The Labute approximate surface area is 169 Å². The molecule has 0 aliphatic carbocycles. The maximum absolute atomic E-state index is 13.3. The van der Waals surface area contributed by atoms with Crippen LogP contribution in [0.5, 0.6) is 0 Å². The number of benzene rings is 2. The van der Waals surface area contributed by atoms with E-state index in [1.54, 1.807) is 24.3 Å². The molecule has 3 aromatic rings. The molecule has 1 saturated heterocycles. The van der Waals surface area contributed by atoms with Gasteiger partial charge in [0.15, 0.2) is 4.32 Å². The summed E-state index contributed by atoms with van der Waals surface area (Å²) >= 11 is 12.4. The zero-order chi connectivity index (χ0) is 19.0. The molecular weight excluding hydrogens is 405 g/mol. The van der Waals surface area contributed by atoms with Crippen LogP contribution in [0.2, 0.25) is 5.02 Å². The number of carbonyl (C=O) groups excluding carboxylic acids is 1. The molecule has 0 N–H and O–H groups in total. The van der Waals surface area contributed by atoms with Crippen LogP contribution in [0.4, 0.5) is 10.1 Å². The maximum Gasteiger partial charge on any atom is 0.270 e. The molecule has 3 nitrogen and oxygen atoms in total. The number of anilines is 1. The van der Waals surface area contributed by atoms with E-state index in [-0.39, 0.29) is 10.9 Å². The van der Waals surface area contributed by atoms with E-state index in [1.807, 2.05) is 30.3 Å². The number of rotatable bonds is 3. The second-order valence-electron chi connectivity index (χ2n) is 5.68. The van der Waals surface area contributed by atoms with Gasteiger partial charge in [0.25, 0.3) is 5.91 Å². The fourth-order valence-electron chi connectivity index (χ4n) is 2.63. The summed E-state index contributed by atoms with van der Waals surface area (Å²) in [4.78, 5) is 14.7. The summed E-state index contributed by atoms with van der Waals surface area (Å²) in [5, 5.41) is 0.0224. The van der Waals surface area contributed by atoms with E-state index in [2.05, 4.69) is 0 Å². The predicted octanol–water partition coefficient (Wildman–Crippen LogP) is 6.14. The van der Waals surface area contributed by atoms with Crippen LogP contribution < -0.4 is 4.90 Å². The summed E-state index contributed by atoms with van der Waals surface area (Å²) in [5.74, 6) is 0.344. The van der Waals surface area contributed by atoms with Crippen LogP contribution in [0.25, 0.3) is 17.4 Å². The van der Waals surface area contributed by atoms with Gasteiger partial charge >= 0.3 is 0 Å². The minimum atomic E-state index is -0.489. The molecule has 7 heteroatoms. The first kappa shape index (κ1) is 18.0. The smallest absolute Gasteiger partial charge is 0.270 e. The number of nitrogens with zero attached hydrogens (tertiary/aromatic N) is 1.